The van der Waals surface area contributed by atoms with Crippen LogP contribution in [0.2, 0.25) is 0 Å². The summed E-state index contributed by atoms with van der Waals surface area (Å²) in [5.74, 6) is -0.172. The van der Waals surface area contributed by atoms with E-state index in [0.717, 1.165) is 38.5 Å². The fourth-order valence-electron chi connectivity index (χ4n) is 6.78. The average molecular weight is 772 g/mol. The van der Waals surface area contributed by atoms with Crippen molar-refractivity contribution in [1.29, 1.82) is 0 Å². The highest BCUT2D eigenvalue weighted by atomic mass is 31.2. The molecule has 0 rings (SSSR count). The zero-order chi connectivity index (χ0) is 39.3. The number of amides is 2. The van der Waals surface area contributed by atoms with Crippen molar-refractivity contribution >= 4 is 19.4 Å². The second-order valence-electron chi connectivity index (χ2n) is 17.1. The Bertz CT molecular complexity index is 882. The number of unbranched alkanes of at least 4 members (excludes halogenated alkanes) is 28. The predicted molar refractivity (Wildman–Crippen MR) is 225 cm³/mol. The molecular formula is C44H90N3O5P. The van der Waals surface area contributed by atoms with Crippen LogP contribution in [-0.4, -0.2) is 69.3 Å². The molecular weight excluding hydrogens is 681 g/mol. The van der Waals surface area contributed by atoms with Gasteiger partial charge in [0.1, 0.15) is 7.60 Å². The standard InChI is InChI=1S/C44H90N3O5P/c1-6-8-10-12-14-16-18-20-22-24-26-28-30-32-34-36-43(48)45-40-42(41-52-53(50,51)39-38-47(3,4)5)46-44(49)37-35-33-31-29-27-25-23-21-19-17-15-13-11-9-7-2/h42H,6-41H2,1-5H3,(H2-,45,46,48,49,50,51)/t42-/m1/s1. The van der Waals surface area contributed by atoms with Gasteiger partial charge in [0.2, 0.25) is 11.8 Å². The number of nitrogens with one attached hydrogen (secondary N) is 2. The molecule has 1 unspecified atom stereocenters. The minimum Gasteiger partial charge on any atom is -0.778 e. The minimum atomic E-state index is -4.06. The van der Waals surface area contributed by atoms with Crippen molar-refractivity contribution in [2.75, 3.05) is 47.0 Å². The van der Waals surface area contributed by atoms with Gasteiger partial charge in [-0.05, 0) is 12.8 Å². The molecule has 0 aromatic heterocycles. The first kappa shape index (κ1) is 52.0. The molecule has 2 atom stereocenters. The molecule has 9 heteroatoms. The van der Waals surface area contributed by atoms with E-state index >= 15 is 0 Å². The van der Waals surface area contributed by atoms with E-state index in [1.807, 2.05) is 21.1 Å². The van der Waals surface area contributed by atoms with Crippen molar-refractivity contribution in [3.05, 3.63) is 0 Å². The second-order valence-corrected chi connectivity index (χ2v) is 19.0. The highest BCUT2D eigenvalue weighted by Crippen LogP contribution is 2.36. The van der Waals surface area contributed by atoms with E-state index in [1.54, 1.807) is 0 Å². The van der Waals surface area contributed by atoms with E-state index in [4.69, 9.17) is 4.52 Å². The van der Waals surface area contributed by atoms with Crippen LogP contribution >= 0.6 is 7.60 Å². The van der Waals surface area contributed by atoms with Gasteiger partial charge in [0.25, 0.3) is 0 Å². The zero-order valence-electron chi connectivity index (χ0n) is 36.0. The number of hydrogen-bond acceptors (Lipinski definition) is 5. The van der Waals surface area contributed by atoms with E-state index in [1.165, 1.54) is 154 Å². The Morgan fingerprint density at radius 2 is 0.868 bits per heavy atom. The van der Waals surface area contributed by atoms with Crippen LogP contribution in [0.25, 0.3) is 0 Å². The fraction of sp³-hybridized carbons (Fsp3) is 0.955. The lowest BCUT2D eigenvalue weighted by Gasteiger charge is -2.30. The molecule has 0 aliphatic heterocycles. The van der Waals surface area contributed by atoms with Gasteiger partial charge in [0.05, 0.1) is 46.5 Å². The molecule has 0 aromatic carbocycles. The van der Waals surface area contributed by atoms with Crippen LogP contribution in [0.3, 0.4) is 0 Å². The summed E-state index contributed by atoms with van der Waals surface area (Å²) in [6, 6.07) is -0.588. The van der Waals surface area contributed by atoms with Crippen molar-refractivity contribution in [2.24, 2.45) is 0 Å². The van der Waals surface area contributed by atoms with Crippen LogP contribution < -0.4 is 15.5 Å². The van der Waals surface area contributed by atoms with Crippen molar-refractivity contribution in [2.45, 2.75) is 225 Å². The quantitative estimate of drug-likeness (QED) is 0.0366. The second kappa shape index (κ2) is 36.7. The summed E-state index contributed by atoms with van der Waals surface area (Å²) in [5.41, 5.74) is 0. The Morgan fingerprint density at radius 3 is 1.21 bits per heavy atom. The first-order valence-corrected chi connectivity index (χ1v) is 24.5. The number of hydrogen-bond donors (Lipinski definition) is 2. The molecule has 0 spiro atoms. The van der Waals surface area contributed by atoms with Crippen LogP contribution in [-0.2, 0) is 18.7 Å². The Balaban J connectivity index is 4.25. The summed E-state index contributed by atoms with van der Waals surface area (Å²) >= 11 is 0. The molecule has 0 radical (unpaired) electrons. The van der Waals surface area contributed by atoms with Crippen molar-refractivity contribution in [3.8, 4) is 0 Å². The molecule has 0 aliphatic carbocycles. The van der Waals surface area contributed by atoms with E-state index in [2.05, 4.69) is 24.5 Å². The number of nitrogens with zero attached hydrogens (tertiary/aromatic N) is 1. The molecule has 0 aromatic rings. The molecule has 0 saturated heterocycles. The normalized spacial score (nSPS) is 13.5. The van der Waals surface area contributed by atoms with Gasteiger partial charge >= 0.3 is 0 Å². The summed E-state index contributed by atoms with van der Waals surface area (Å²) in [6.45, 7) is 4.97. The first-order valence-electron chi connectivity index (χ1n) is 22.8. The number of rotatable bonds is 41. The summed E-state index contributed by atoms with van der Waals surface area (Å²) < 4.78 is 18.5. The van der Waals surface area contributed by atoms with Crippen molar-refractivity contribution in [1.82, 2.24) is 10.6 Å². The average Bonchev–Trinajstić information content (AvgIpc) is 3.11. The summed E-state index contributed by atoms with van der Waals surface area (Å²) in [6.07, 6.45) is 39.1. The number of quaternary nitrogens is 1. The Morgan fingerprint density at radius 1 is 0.547 bits per heavy atom. The zero-order valence-corrected chi connectivity index (χ0v) is 36.9. The molecule has 0 fully saturated rings. The van der Waals surface area contributed by atoms with Crippen LogP contribution in [0.1, 0.15) is 219 Å². The van der Waals surface area contributed by atoms with Gasteiger partial charge in [-0.3, -0.25) is 9.59 Å². The molecule has 2 amide bonds. The topological polar surface area (TPSA) is 108 Å². The third-order valence-corrected chi connectivity index (χ3v) is 11.7. The van der Waals surface area contributed by atoms with Crippen LogP contribution in [0.15, 0.2) is 0 Å². The molecule has 2 N–H and O–H groups in total. The minimum absolute atomic E-state index is 0.0586. The van der Waals surface area contributed by atoms with Crippen LogP contribution in [0, 0.1) is 0 Å². The maximum absolute atomic E-state index is 12.8. The van der Waals surface area contributed by atoms with E-state index in [9.17, 15) is 19.0 Å². The number of carbonyl (C=O) groups is 2. The SMILES string of the molecule is CCCCCCCCCCCCCCCCCC(=O)NC[C@H](COP(=O)([O-])CC[N+](C)(C)C)NC(=O)CCCCCCCCCCCCCCCCC. The Labute approximate surface area is 329 Å². The monoisotopic (exact) mass is 772 g/mol. The van der Waals surface area contributed by atoms with Gasteiger partial charge in [-0.2, -0.15) is 0 Å². The van der Waals surface area contributed by atoms with E-state index < -0.39 is 13.6 Å². The van der Waals surface area contributed by atoms with Gasteiger partial charge in [0, 0.05) is 19.4 Å². The lowest BCUT2D eigenvalue weighted by atomic mass is 10.0. The molecule has 0 bridgehead atoms. The largest absolute Gasteiger partial charge is 0.778 e. The lowest BCUT2D eigenvalue weighted by molar-refractivity contribution is -0.868. The predicted octanol–water partition coefficient (Wildman–Crippen LogP) is 11.4. The van der Waals surface area contributed by atoms with E-state index in [-0.39, 0.29) is 31.1 Å². The molecule has 8 nitrogen and oxygen atoms in total. The Kier molecular flexibility index (Phi) is 36.0. The third kappa shape index (κ3) is 40.5. The molecule has 316 valence electrons. The number of carbonyl (C=O) groups excluding carboxylic acids is 2. The third-order valence-electron chi connectivity index (χ3n) is 10.4. The molecule has 0 aliphatic rings. The van der Waals surface area contributed by atoms with Crippen molar-refractivity contribution in [3.63, 3.8) is 0 Å². The smallest absolute Gasteiger partial charge is 0.220 e. The summed E-state index contributed by atoms with van der Waals surface area (Å²) in [7, 11) is 1.76. The highest BCUT2D eigenvalue weighted by molar-refractivity contribution is 7.51. The van der Waals surface area contributed by atoms with Gasteiger partial charge in [-0.15, -0.1) is 0 Å². The van der Waals surface area contributed by atoms with Gasteiger partial charge in [0.15, 0.2) is 0 Å². The molecule has 53 heavy (non-hydrogen) atoms. The van der Waals surface area contributed by atoms with Crippen LogP contribution in [0.5, 0.6) is 0 Å². The fourth-order valence-corrected chi connectivity index (χ4v) is 8.16. The lowest BCUT2D eigenvalue weighted by Crippen LogP contribution is -2.46. The van der Waals surface area contributed by atoms with Gasteiger partial charge in [-0.1, -0.05) is 194 Å². The molecule has 0 saturated carbocycles. The summed E-state index contributed by atoms with van der Waals surface area (Å²) in [5, 5.41) is 5.87. The van der Waals surface area contributed by atoms with Gasteiger partial charge < -0.3 is 29.1 Å². The molecule has 0 heterocycles. The van der Waals surface area contributed by atoms with E-state index in [0.29, 0.717) is 23.9 Å². The van der Waals surface area contributed by atoms with Gasteiger partial charge in [-0.25, -0.2) is 0 Å². The highest BCUT2D eigenvalue weighted by Gasteiger charge is 2.20. The maximum Gasteiger partial charge on any atom is 0.220 e. The van der Waals surface area contributed by atoms with Crippen molar-refractivity contribution < 1.29 is 28.1 Å². The summed E-state index contributed by atoms with van der Waals surface area (Å²) in [4.78, 5) is 38.0. The Hall–Kier alpha value is -0.950. The maximum atomic E-state index is 12.8. The first-order chi connectivity index (χ1) is 25.5. The van der Waals surface area contributed by atoms with Crippen LogP contribution in [0.4, 0.5) is 0 Å².